The van der Waals surface area contributed by atoms with E-state index < -0.39 is 0 Å². The second-order valence-electron chi connectivity index (χ2n) is 4.72. The van der Waals surface area contributed by atoms with E-state index in [-0.39, 0.29) is 6.10 Å². The topological polar surface area (TPSA) is 59.9 Å². The summed E-state index contributed by atoms with van der Waals surface area (Å²) in [7, 11) is 0. The average molecular weight is 272 g/mol. The number of hydrogen-bond acceptors (Lipinski definition) is 5. The number of nitrogens with one attached hydrogen (secondary N) is 1. The molecule has 2 aromatic heterocycles. The standard InChI is InChI=1S/C15H20N4O/c1-4-12-6-5-7-16-13(12)9-17-14-8-15(19-10-18-14)20-11(2)3/h5-8,10-11H,4,9H2,1-3H3,(H,17,18,19). The molecule has 0 unspecified atom stereocenters. The van der Waals surface area contributed by atoms with Crippen molar-refractivity contribution in [2.24, 2.45) is 0 Å². The molecule has 0 aliphatic carbocycles. The van der Waals surface area contributed by atoms with Crippen molar-refractivity contribution in [3.63, 3.8) is 0 Å². The summed E-state index contributed by atoms with van der Waals surface area (Å²) in [6.07, 6.45) is 4.37. The molecule has 2 heterocycles. The molecular weight excluding hydrogens is 252 g/mol. The Morgan fingerprint density at radius 1 is 1.25 bits per heavy atom. The molecule has 5 nitrogen and oxygen atoms in total. The molecule has 0 aromatic carbocycles. The van der Waals surface area contributed by atoms with Crippen LogP contribution in [0.1, 0.15) is 32.0 Å². The van der Waals surface area contributed by atoms with Gasteiger partial charge in [0.1, 0.15) is 12.1 Å². The Balaban J connectivity index is 2.03. The molecule has 1 N–H and O–H groups in total. The number of aromatic nitrogens is 3. The van der Waals surface area contributed by atoms with E-state index in [1.165, 1.54) is 11.9 Å². The van der Waals surface area contributed by atoms with Crippen LogP contribution in [0.25, 0.3) is 0 Å². The smallest absolute Gasteiger partial charge is 0.218 e. The Morgan fingerprint density at radius 3 is 2.85 bits per heavy atom. The van der Waals surface area contributed by atoms with E-state index in [1.54, 1.807) is 6.07 Å². The second-order valence-corrected chi connectivity index (χ2v) is 4.72. The first kappa shape index (κ1) is 14.2. The Kier molecular flexibility index (Phi) is 4.87. The molecule has 5 heteroatoms. The highest BCUT2D eigenvalue weighted by Gasteiger charge is 2.04. The van der Waals surface area contributed by atoms with Crippen LogP contribution in [-0.4, -0.2) is 21.1 Å². The molecule has 20 heavy (non-hydrogen) atoms. The summed E-state index contributed by atoms with van der Waals surface area (Å²) in [5.41, 5.74) is 2.28. The fourth-order valence-electron chi connectivity index (χ4n) is 1.87. The van der Waals surface area contributed by atoms with Crippen LogP contribution in [0.3, 0.4) is 0 Å². The van der Waals surface area contributed by atoms with Gasteiger partial charge in [-0.2, -0.15) is 0 Å². The van der Waals surface area contributed by atoms with Crippen LogP contribution in [0.2, 0.25) is 0 Å². The van der Waals surface area contributed by atoms with Crippen molar-refractivity contribution in [1.29, 1.82) is 0 Å². The molecule has 2 aromatic rings. The predicted octanol–water partition coefficient (Wildman–Crippen LogP) is 2.83. The van der Waals surface area contributed by atoms with Gasteiger partial charge in [-0.15, -0.1) is 0 Å². The van der Waals surface area contributed by atoms with Gasteiger partial charge < -0.3 is 10.1 Å². The quantitative estimate of drug-likeness (QED) is 0.876. The van der Waals surface area contributed by atoms with Crippen molar-refractivity contribution in [2.45, 2.75) is 39.8 Å². The zero-order chi connectivity index (χ0) is 14.4. The molecule has 0 amide bonds. The first-order valence-corrected chi connectivity index (χ1v) is 6.84. The van der Waals surface area contributed by atoms with Crippen LogP contribution in [0.4, 0.5) is 5.82 Å². The van der Waals surface area contributed by atoms with Gasteiger partial charge in [-0.1, -0.05) is 13.0 Å². The van der Waals surface area contributed by atoms with Gasteiger partial charge in [0.25, 0.3) is 0 Å². The van der Waals surface area contributed by atoms with E-state index in [4.69, 9.17) is 4.74 Å². The minimum atomic E-state index is 0.0974. The third-order valence-electron chi connectivity index (χ3n) is 2.80. The molecule has 0 bridgehead atoms. The van der Waals surface area contributed by atoms with Crippen LogP contribution < -0.4 is 10.1 Å². The number of ether oxygens (including phenoxy) is 1. The monoisotopic (exact) mass is 272 g/mol. The first-order chi connectivity index (χ1) is 9.69. The highest BCUT2D eigenvalue weighted by Crippen LogP contribution is 2.14. The van der Waals surface area contributed by atoms with Gasteiger partial charge in [0.15, 0.2) is 0 Å². The summed E-state index contributed by atoms with van der Waals surface area (Å²) in [6, 6.07) is 5.85. The SMILES string of the molecule is CCc1cccnc1CNc1cc(OC(C)C)ncn1. The van der Waals surface area contributed by atoms with Crippen LogP contribution >= 0.6 is 0 Å². The molecule has 0 fully saturated rings. The van der Waals surface area contributed by atoms with Gasteiger partial charge in [0, 0.05) is 12.3 Å². The number of nitrogens with zero attached hydrogens (tertiary/aromatic N) is 3. The third-order valence-corrected chi connectivity index (χ3v) is 2.80. The Labute approximate surface area is 119 Å². The van der Waals surface area contributed by atoms with Gasteiger partial charge in [-0.05, 0) is 31.9 Å². The fourth-order valence-corrected chi connectivity index (χ4v) is 1.87. The third kappa shape index (κ3) is 3.91. The maximum atomic E-state index is 5.55. The molecule has 0 radical (unpaired) electrons. The molecular formula is C15H20N4O. The second kappa shape index (κ2) is 6.84. The highest BCUT2D eigenvalue weighted by atomic mass is 16.5. The van der Waals surface area contributed by atoms with Crippen molar-refractivity contribution in [2.75, 3.05) is 5.32 Å². The van der Waals surface area contributed by atoms with E-state index >= 15 is 0 Å². The Morgan fingerprint density at radius 2 is 2.10 bits per heavy atom. The number of pyridine rings is 1. The molecule has 0 saturated heterocycles. The largest absolute Gasteiger partial charge is 0.475 e. The lowest BCUT2D eigenvalue weighted by atomic mass is 10.1. The van der Waals surface area contributed by atoms with Gasteiger partial charge >= 0.3 is 0 Å². The van der Waals surface area contributed by atoms with Gasteiger partial charge in [-0.25, -0.2) is 9.97 Å². The molecule has 0 spiro atoms. The molecule has 106 valence electrons. The van der Waals surface area contributed by atoms with Crippen LogP contribution in [0.5, 0.6) is 5.88 Å². The first-order valence-electron chi connectivity index (χ1n) is 6.84. The van der Waals surface area contributed by atoms with E-state index in [1.807, 2.05) is 26.1 Å². The van der Waals surface area contributed by atoms with E-state index in [0.29, 0.717) is 12.4 Å². The zero-order valence-corrected chi connectivity index (χ0v) is 12.1. The highest BCUT2D eigenvalue weighted by molar-refractivity contribution is 5.38. The van der Waals surface area contributed by atoms with Crippen LogP contribution in [-0.2, 0) is 13.0 Å². The van der Waals surface area contributed by atoms with Crippen molar-refractivity contribution < 1.29 is 4.74 Å². The van der Waals surface area contributed by atoms with Gasteiger partial charge in [0.2, 0.25) is 5.88 Å². The van der Waals surface area contributed by atoms with Crippen molar-refractivity contribution in [3.05, 3.63) is 42.0 Å². The van der Waals surface area contributed by atoms with Gasteiger partial charge in [0.05, 0.1) is 18.3 Å². The normalized spacial score (nSPS) is 10.6. The maximum Gasteiger partial charge on any atom is 0.218 e. The molecule has 2 rings (SSSR count). The summed E-state index contributed by atoms with van der Waals surface area (Å²) in [6.45, 7) is 6.70. The van der Waals surface area contributed by atoms with Crippen molar-refractivity contribution in [3.8, 4) is 5.88 Å². The van der Waals surface area contributed by atoms with E-state index in [0.717, 1.165) is 17.9 Å². The predicted molar refractivity (Wildman–Crippen MR) is 78.7 cm³/mol. The lowest BCUT2D eigenvalue weighted by Gasteiger charge is -2.11. The number of anilines is 1. The number of aryl methyl sites for hydroxylation is 1. The lowest BCUT2D eigenvalue weighted by Crippen LogP contribution is -2.09. The molecule has 0 atom stereocenters. The lowest BCUT2D eigenvalue weighted by molar-refractivity contribution is 0.232. The Bertz CT molecular complexity index is 557. The zero-order valence-electron chi connectivity index (χ0n) is 12.1. The molecule has 0 aliphatic heterocycles. The summed E-state index contributed by atoms with van der Waals surface area (Å²) in [5.74, 6) is 1.32. The van der Waals surface area contributed by atoms with E-state index in [2.05, 4.69) is 33.3 Å². The Hall–Kier alpha value is -2.17. The molecule has 0 saturated carbocycles. The minimum absolute atomic E-state index is 0.0974. The molecule has 0 aliphatic rings. The fraction of sp³-hybridized carbons (Fsp3) is 0.400. The minimum Gasteiger partial charge on any atom is -0.475 e. The van der Waals surface area contributed by atoms with Gasteiger partial charge in [-0.3, -0.25) is 4.98 Å². The summed E-state index contributed by atoms with van der Waals surface area (Å²) in [5, 5.41) is 3.26. The number of hydrogen-bond donors (Lipinski definition) is 1. The van der Waals surface area contributed by atoms with Crippen LogP contribution in [0, 0.1) is 0 Å². The number of rotatable bonds is 6. The van der Waals surface area contributed by atoms with E-state index in [9.17, 15) is 0 Å². The average Bonchev–Trinajstić information content (AvgIpc) is 2.45. The van der Waals surface area contributed by atoms with Crippen molar-refractivity contribution in [1.82, 2.24) is 15.0 Å². The summed E-state index contributed by atoms with van der Waals surface area (Å²) >= 11 is 0. The summed E-state index contributed by atoms with van der Waals surface area (Å²) < 4.78 is 5.55. The van der Waals surface area contributed by atoms with Crippen molar-refractivity contribution >= 4 is 5.82 Å². The van der Waals surface area contributed by atoms with Crippen LogP contribution in [0.15, 0.2) is 30.7 Å². The maximum absolute atomic E-state index is 5.55. The summed E-state index contributed by atoms with van der Waals surface area (Å²) in [4.78, 5) is 12.7.